The van der Waals surface area contributed by atoms with Gasteiger partial charge in [-0.1, -0.05) is 70.5 Å². The lowest BCUT2D eigenvalue weighted by atomic mass is 9.99. The molecule has 0 fully saturated rings. The summed E-state index contributed by atoms with van der Waals surface area (Å²) in [4.78, 5) is 25.6. The Morgan fingerprint density at radius 1 is 0.897 bits per heavy atom. The molecule has 1 atom stereocenters. The van der Waals surface area contributed by atoms with E-state index in [1.54, 1.807) is 11.6 Å². The number of carbonyl (C=O) groups is 1. The number of nitrogens with one attached hydrogen (secondary N) is 1. The summed E-state index contributed by atoms with van der Waals surface area (Å²) in [5, 5.41) is 3.10. The number of nitrogens with zero attached hydrogens (tertiary/aromatic N) is 2. The molecule has 29 heavy (non-hydrogen) atoms. The molecule has 0 saturated heterocycles. The molecule has 4 rings (SSSR count). The zero-order valence-electron chi connectivity index (χ0n) is 15.9. The van der Waals surface area contributed by atoms with E-state index in [1.165, 1.54) is 4.57 Å². The molecule has 1 N–H and O–H groups in total. The Hall–Kier alpha value is -3.12. The molecule has 0 radical (unpaired) electrons. The molecule has 4 aromatic rings. The summed E-state index contributed by atoms with van der Waals surface area (Å²) in [7, 11) is 1.72. The third kappa shape index (κ3) is 3.89. The monoisotopic (exact) mass is 449 g/mol. The molecule has 0 saturated carbocycles. The van der Waals surface area contributed by atoms with Crippen LogP contribution in [0.15, 0.2) is 88.1 Å². The summed E-state index contributed by atoms with van der Waals surface area (Å²) in [5.41, 5.74) is 3.29. The van der Waals surface area contributed by atoms with Gasteiger partial charge >= 0.3 is 5.69 Å². The Morgan fingerprint density at radius 2 is 1.48 bits per heavy atom. The van der Waals surface area contributed by atoms with Gasteiger partial charge in [0, 0.05) is 11.5 Å². The standard InChI is InChI=1S/C23H20BrN3O2/c1-26-19-9-5-6-10-20(19)27(23(26)29)15-21(28)25-22(16-7-3-2-4-8-16)17-11-13-18(24)14-12-17/h2-14,22H,15H2,1H3,(H,25,28). The van der Waals surface area contributed by atoms with Crippen LogP contribution in [0.5, 0.6) is 0 Å². The van der Waals surface area contributed by atoms with Crippen molar-refractivity contribution in [2.24, 2.45) is 7.05 Å². The van der Waals surface area contributed by atoms with Gasteiger partial charge in [0.15, 0.2) is 0 Å². The largest absolute Gasteiger partial charge is 0.344 e. The molecule has 0 spiro atoms. The van der Waals surface area contributed by atoms with Gasteiger partial charge in [-0.2, -0.15) is 0 Å². The van der Waals surface area contributed by atoms with E-state index in [4.69, 9.17) is 0 Å². The predicted octanol–water partition coefficient (Wildman–Crippen LogP) is 4.01. The van der Waals surface area contributed by atoms with Gasteiger partial charge in [0.05, 0.1) is 17.1 Å². The van der Waals surface area contributed by atoms with Gasteiger partial charge in [-0.15, -0.1) is 0 Å². The van der Waals surface area contributed by atoms with E-state index in [0.29, 0.717) is 0 Å². The molecule has 0 aliphatic heterocycles. The van der Waals surface area contributed by atoms with Crippen LogP contribution in [-0.4, -0.2) is 15.0 Å². The number of rotatable bonds is 5. The van der Waals surface area contributed by atoms with Crippen LogP contribution in [-0.2, 0) is 18.4 Å². The van der Waals surface area contributed by atoms with Crippen LogP contribution in [0.25, 0.3) is 11.0 Å². The maximum absolute atomic E-state index is 13.0. The molecule has 1 heterocycles. The molecule has 5 nitrogen and oxygen atoms in total. The molecule has 1 unspecified atom stereocenters. The predicted molar refractivity (Wildman–Crippen MR) is 118 cm³/mol. The SMILES string of the molecule is Cn1c(=O)n(CC(=O)NC(c2ccccc2)c2ccc(Br)cc2)c2ccccc21. The highest BCUT2D eigenvalue weighted by Crippen LogP contribution is 2.24. The smallest absolute Gasteiger partial charge is 0.329 e. The van der Waals surface area contributed by atoms with Crippen molar-refractivity contribution in [1.82, 2.24) is 14.5 Å². The molecular weight excluding hydrogens is 430 g/mol. The Bertz CT molecular complexity index is 1210. The first-order chi connectivity index (χ1) is 14.0. The van der Waals surface area contributed by atoms with Crippen molar-refractivity contribution >= 4 is 32.9 Å². The number of fused-ring (bicyclic) bond motifs is 1. The number of para-hydroxylation sites is 2. The molecule has 1 aromatic heterocycles. The first-order valence-electron chi connectivity index (χ1n) is 9.28. The molecule has 0 aliphatic carbocycles. The third-order valence-corrected chi connectivity index (χ3v) is 5.52. The summed E-state index contributed by atoms with van der Waals surface area (Å²) >= 11 is 3.45. The summed E-state index contributed by atoms with van der Waals surface area (Å²) < 4.78 is 4.04. The summed E-state index contributed by atoms with van der Waals surface area (Å²) in [5.74, 6) is -0.222. The van der Waals surface area contributed by atoms with Crippen molar-refractivity contribution in [3.05, 3.63) is 105 Å². The summed E-state index contributed by atoms with van der Waals surface area (Å²) in [6.07, 6.45) is 0. The number of carbonyl (C=O) groups excluding carboxylic acids is 1. The van der Waals surface area contributed by atoms with E-state index in [1.807, 2.05) is 78.9 Å². The molecule has 0 aliphatic rings. The van der Waals surface area contributed by atoms with Crippen molar-refractivity contribution in [3.8, 4) is 0 Å². The highest BCUT2D eigenvalue weighted by molar-refractivity contribution is 9.10. The number of amides is 1. The van der Waals surface area contributed by atoms with Crippen LogP contribution >= 0.6 is 15.9 Å². The Kier molecular flexibility index (Phi) is 5.36. The van der Waals surface area contributed by atoms with E-state index in [2.05, 4.69) is 21.2 Å². The minimum absolute atomic E-state index is 0.0416. The van der Waals surface area contributed by atoms with Crippen LogP contribution in [0.2, 0.25) is 0 Å². The average molecular weight is 450 g/mol. The molecule has 1 amide bonds. The first-order valence-corrected chi connectivity index (χ1v) is 10.1. The van der Waals surface area contributed by atoms with Crippen molar-refractivity contribution < 1.29 is 4.79 Å². The van der Waals surface area contributed by atoms with Crippen molar-refractivity contribution in [3.63, 3.8) is 0 Å². The van der Waals surface area contributed by atoms with E-state index in [0.717, 1.165) is 26.6 Å². The zero-order valence-corrected chi connectivity index (χ0v) is 17.5. The van der Waals surface area contributed by atoms with Crippen molar-refractivity contribution in [1.29, 1.82) is 0 Å². The van der Waals surface area contributed by atoms with Crippen LogP contribution in [0, 0.1) is 0 Å². The van der Waals surface area contributed by atoms with Gasteiger partial charge in [-0.05, 0) is 35.4 Å². The molecule has 6 heteroatoms. The first kappa shape index (κ1) is 19.2. The highest BCUT2D eigenvalue weighted by atomic mass is 79.9. The number of hydrogen-bond donors (Lipinski definition) is 1. The lowest BCUT2D eigenvalue weighted by molar-refractivity contribution is -0.122. The van der Waals surface area contributed by atoms with E-state index in [9.17, 15) is 9.59 Å². The van der Waals surface area contributed by atoms with E-state index in [-0.39, 0.29) is 24.2 Å². The van der Waals surface area contributed by atoms with Gasteiger partial charge in [0.25, 0.3) is 0 Å². The van der Waals surface area contributed by atoms with Crippen LogP contribution in [0.4, 0.5) is 0 Å². The fourth-order valence-electron chi connectivity index (χ4n) is 3.53. The van der Waals surface area contributed by atoms with Gasteiger partial charge in [0.1, 0.15) is 6.54 Å². The van der Waals surface area contributed by atoms with Crippen LogP contribution in [0.3, 0.4) is 0 Å². The molecule has 0 bridgehead atoms. The summed E-state index contributed by atoms with van der Waals surface area (Å²) in [6.45, 7) is -0.0416. The minimum Gasteiger partial charge on any atom is -0.344 e. The number of benzene rings is 3. The van der Waals surface area contributed by atoms with E-state index < -0.39 is 0 Å². The van der Waals surface area contributed by atoms with Gasteiger partial charge in [-0.3, -0.25) is 13.9 Å². The topological polar surface area (TPSA) is 56.0 Å². The summed E-state index contributed by atoms with van der Waals surface area (Å²) in [6, 6.07) is 24.8. The number of aromatic nitrogens is 2. The maximum Gasteiger partial charge on any atom is 0.329 e. The number of hydrogen-bond acceptors (Lipinski definition) is 2. The quantitative estimate of drug-likeness (QED) is 0.500. The van der Waals surface area contributed by atoms with Gasteiger partial charge < -0.3 is 5.32 Å². The lowest BCUT2D eigenvalue weighted by Crippen LogP contribution is -2.35. The second-order valence-electron chi connectivity index (χ2n) is 6.88. The maximum atomic E-state index is 13.0. The van der Waals surface area contributed by atoms with Crippen molar-refractivity contribution in [2.75, 3.05) is 0 Å². The van der Waals surface area contributed by atoms with Crippen LogP contribution < -0.4 is 11.0 Å². The van der Waals surface area contributed by atoms with Gasteiger partial charge in [-0.25, -0.2) is 4.79 Å². The Morgan fingerprint density at radius 3 is 2.17 bits per heavy atom. The number of imidazole rings is 1. The Labute approximate surface area is 176 Å². The molecule has 3 aromatic carbocycles. The van der Waals surface area contributed by atoms with E-state index >= 15 is 0 Å². The number of aryl methyl sites for hydroxylation is 1. The fraction of sp³-hybridized carbons (Fsp3) is 0.130. The fourth-order valence-corrected chi connectivity index (χ4v) is 3.79. The Balaban J connectivity index is 1.65. The minimum atomic E-state index is -0.303. The van der Waals surface area contributed by atoms with Crippen LogP contribution in [0.1, 0.15) is 17.2 Å². The zero-order chi connectivity index (χ0) is 20.4. The average Bonchev–Trinajstić information content (AvgIpc) is 2.98. The lowest BCUT2D eigenvalue weighted by Gasteiger charge is -2.20. The van der Waals surface area contributed by atoms with Crippen molar-refractivity contribution in [2.45, 2.75) is 12.6 Å². The highest BCUT2D eigenvalue weighted by Gasteiger charge is 2.19. The van der Waals surface area contributed by atoms with Gasteiger partial charge in [0.2, 0.25) is 5.91 Å². The second-order valence-corrected chi connectivity index (χ2v) is 7.79. The molecular formula is C23H20BrN3O2. The number of halogens is 1. The second kappa shape index (κ2) is 8.09. The third-order valence-electron chi connectivity index (χ3n) is 5.00. The molecule has 146 valence electrons. The normalized spacial score (nSPS) is 12.1.